The lowest BCUT2D eigenvalue weighted by atomic mass is 9.77. The van der Waals surface area contributed by atoms with E-state index in [4.69, 9.17) is 11.6 Å². The number of aliphatic hydroxyl groups is 1. The van der Waals surface area contributed by atoms with E-state index < -0.39 is 0 Å². The molecule has 82 valence electrons. The molecule has 0 saturated heterocycles. The zero-order valence-corrected chi connectivity index (χ0v) is 9.38. The first-order valence-corrected chi connectivity index (χ1v) is 5.41. The van der Waals surface area contributed by atoms with Crippen LogP contribution in [-0.2, 0) is 0 Å². The van der Waals surface area contributed by atoms with E-state index in [1.165, 1.54) is 0 Å². The van der Waals surface area contributed by atoms with Crippen LogP contribution in [-0.4, -0.2) is 27.2 Å². The van der Waals surface area contributed by atoms with Gasteiger partial charge in [0.2, 0.25) is 5.28 Å². The molecule has 1 saturated carbocycles. The number of hydrogen-bond acceptors (Lipinski definition) is 4. The smallest absolute Gasteiger partial charge is 0.224 e. The van der Waals surface area contributed by atoms with Crippen LogP contribution < -0.4 is 5.32 Å². The lowest BCUT2D eigenvalue weighted by molar-refractivity contribution is 0.143. The summed E-state index contributed by atoms with van der Waals surface area (Å²) in [5.41, 5.74) is 0.752. The van der Waals surface area contributed by atoms with Crippen molar-refractivity contribution in [1.82, 2.24) is 9.97 Å². The molecule has 0 aromatic carbocycles. The first-order valence-electron chi connectivity index (χ1n) is 5.03. The van der Waals surface area contributed by atoms with Gasteiger partial charge in [-0.25, -0.2) is 9.97 Å². The van der Waals surface area contributed by atoms with Crippen LogP contribution in [0.5, 0.6) is 0 Å². The third kappa shape index (κ3) is 2.06. The van der Waals surface area contributed by atoms with Crippen LogP contribution in [0.2, 0.25) is 5.28 Å². The van der Waals surface area contributed by atoms with Gasteiger partial charge in [-0.15, -0.1) is 0 Å². The fourth-order valence-electron chi connectivity index (χ4n) is 1.72. The first kappa shape index (κ1) is 10.6. The predicted molar refractivity (Wildman–Crippen MR) is 59.1 cm³/mol. The van der Waals surface area contributed by atoms with Crippen LogP contribution in [0, 0.1) is 6.92 Å². The van der Waals surface area contributed by atoms with Crippen molar-refractivity contribution in [1.29, 1.82) is 0 Å². The Hall–Kier alpha value is -0.870. The van der Waals surface area contributed by atoms with Crippen molar-refractivity contribution >= 4 is 17.4 Å². The second kappa shape index (κ2) is 3.94. The number of rotatable bonds is 3. The van der Waals surface area contributed by atoms with E-state index in [0.717, 1.165) is 30.6 Å². The largest absolute Gasteiger partial charge is 0.394 e. The Kier molecular flexibility index (Phi) is 2.80. The predicted octanol–water partition coefficient (Wildman–Crippen LogP) is 1.77. The van der Waals surface area contributed by atoms with E-state index in [1.807, 2.05) is 6.92 Å². The number of anilines is 1. The first-order chi connectivity index (χ1) is 7.15. The molecule has 1 aliphatic rings. The molecule has 2 N–H and O–H groups in total. The summed E-state index contributed by atoms with van der Waals surface area (Å²) >= 11 is 5.73. The molecule has 1 fully saturated rings. The quantitative estimate of drug-likeness (QED) is 0.773. The number of nitrogens with one attached hydrogen (secondary N) is 1. The Morgan fingerprint density at radius 1 is 1.60 bits per heavy atom. The maximum atomic E-state index is 9.32. The van der Waals surface area contributed by atoms with Crippen LogP contribution in [0.15, 0.2) is 6.20 Å². The third-order valence-corrected chi connectivity index (χ3v) is 3.12. The van der Waals surface area contributed by atoms with Crippen LogP contribution in [0.1, 0.15) is 24.8 Å². The molecule has 0 bridgehead atoms. The molecular formula is C10H14ClN3O. The van der Waals surface area contributed by atoms with E-state index >= 15 is 0 Å². The van der Waals surface area contributed by atoms with E-state index in [2.05, 4.69) is 15.3 Å². The number of aryl methyl sites for hydroxylation is 1. The molecule has 0 atom stereocenters. The van der Waals surface area contributed by atoms with Crippen molar-refractivity contribution in [3.8, 4) is 0 Å². The Bertz CT molecular complexity index is 360. The summed E-state index contributed by atoms with van der Waals surface area (Å²) in [6, 6.07) is 0. The van der Waals surface area contributed by atoms with Crippen molar-refractivity contribution in [2.75, 3.05) is 11.9 Å². The number of hydrogen-bond donors (Lipinski definition) is 2. The van der Waals surface area contributed by atoms with Gasteiger partial charge in [0.25, 0.3) is 0 Å². The van der Waals surface area contributed by atoms with E-state index in [1.54, 1.807) is 6.20 Å². The molecule has 4 nitrogen and oxygen atoms in total. The highest BCUT2D eigenvalue weighted by molar-refractivity contribution is 6.28. The second-order valence-electron chi connectivity index (χ2n) is 4.09. The highest BCUT2D eigenvalue weighted by atomic mass is 35.5. The lowest BCUT2D eigenvalue weighted by Gasteiger charge is -2.41. The lowest BCUT2D eigenvalue weighted by Crippen LogP contribution is -2.48. The van der Waals surface area contributed by atoms with Crippen LogP contribution >= 0.6 is 11.6 Å². The average molecular weight is 228 g/mol. The summed E-state index contributed by atoms with van der Waals surface area (Å²) in [6.07, 6.45) is 4.78. The minimum absolute atomic E-state index is 0.133. The van der Waals surface area contributed by atoms with Gasteiger partial charge in [-0.3, -0.25) is 0 Å². The summed E-state index contributed by atoms with van der Waals surface area (Å²) in [7, 11) is 0. The highest BCUT2D eigenvalue weighted by Gasteiger charge is 2.36. The summed E-state index contributed by atoms with van der Waals surface area (Å²) in [4.78, 5) is 8.01. The second-order valence-corrected chi connectivity index (χ2v) is 4.43. The highest BCUT2D eigenvalue weighted by Crippen LogP contribution is 2.35. The molecule has 0 unspecified atom stereocenters. The van der Waals surface area contributed by atoms with Crippen LogP contribution in [0.4, 0.5) is 5.82 Å². The monoisotopic (exact) mass is 227 g/mol. The maximum Gasteiger partial charge on any atom is 0.224 e. The molecule has 1 aliphatic carbocycles. The molecule has 0 amide bonds. The standard InChI is InChI=1S/C10H14ClN3O/c1-7-5-12-9(11)13-8(7)14-10(6-15)3-2-4-10/h5,15H,2-4,6H2,1H3,(H,12,13,14). The van der Waals surface area contributed by atoms with Gasteiger partial charge in [-0.05, 0) is 37.8 Å². The van der Waals surface area contributed by atoms with E-state index in [9.17, 15) is 5.11 Å². The normalized spacial score (nSPS) is 18.3. The van der Waals surface area contributed by atoms with Gasteiger partial charge >= 0.3 is 0 Å². The van der Waals surface area contributed by atoms with Gasteiger partial charge in [0.1, 0.15) is 5.82 Å². The Labute approximate surface area is 93.7 Å². The summed E-state index contributed by atoms with van der Waals surface area (Å²) in [5.74, 6) is 0.726. The van der Waals surface area contributed by atoms with Crippen molar-refractivity contribution in [2.45, 2.75) is 31.7 Å². The SMILES string of the molecule is Cc1cnc(Cl)nc1NC1(CO)CCC1. The van der Waals surface area contributed by atoms with Crippen molar-refractivity contribution in [3.05, 3.63) is 17.0 Å². The van der Waals surface area contributed by atoms with Gasteiger partial charge in [0.15, 0.2) is 0 Å². The van der Waals surface area contributed by atoms with Crippen LogP contribution in [0.3, 0.4) is 0 Å². The summed E-state index contributed by atoms with van der Waals surface area (Å²) in [5, 5.41) is 12.8. The van der Waals surface area contributed by atoms with E-state index in [-0.39, 0.29) is 17.4 Å². The molecule has 0 spiro atoms. The zero-order chi connectivity index (χ0) is 10.9. The number of nitrogens with zero attached hydrogens (tertiary/aromatic N) is 2. The van der Waals surface area contributed by atoms with Gasteiger partial charge in [0.05, 0.1) is 12.1 Å². The molecule has 15 heavy (non-hydrogen) atoms. The van der Waals surface area contributed by atoms with Gasteiger partial charge in [-0.2, -0.15) is 0 Å². The fourth-order valence-corrected chi connectivity index (χ4v) is 1.86. The fraction of sp³-hybridized carbons (Fsp3) is 0.600. The summed E-state index contributed by atoms with van der Waals surface area (Å²) in [6.45, 7) is 2.05. The maximum absolute atomic E-state index is 9.32. The van der Waals surface area contributed by atoms with Gasteiger partial charge in [-0.1, -0.05) is 0 Å². The van der Waals surface area contributed by atoms with Crippen molar-refractivity contribution in [2.24, 2.45) is 0 Å². The minimum Gasteiger partial charge on any atom is -0.394 e. The van der Waals surface area contributed by atoms with Crippen molar-refractivity contribution in [3.63, 3.8) is 0 Å². The van der Waals surface area contributed by atoms with Gasteiger partial charge in [0, 0.05) is 11.8 Å². The molecule has 1 aromatic rings. The number of aromatic nitrogens is 2. The molecule has 0 radical (unpaired) electrons. The average Bonchev–Trinajstić information content (AvgIpc) is 2.17. The number of aliphatic hydroxyl groups excluding tert-OH is 1. The molecule has 2 rings (SSSR count). The molecule has 1 aromatic heterocycles. The van der Waals surface area contributed by atoms with Gasteiger partial charge < -0.3 is 10.4 Å². The molecule has 0 aliphatic heterocycles. The summed E-state index contributed by atoms with van der Waals surface area (Å²) < 4.78 is 0. The molecule has 1 heterocycles. The van der Waals surface area contributed by atoms with E-state index in [0.29, 0.717) is 0 Å². The Balaban J connectivity index is 2.19. The minimum atomic E-state index is -0.192. The third-order valence-electron chi connectivity index (χ3n) is 2.94. The van der Waals surface area contributed by atoms with Crippen molar-refractivity contribution < 1.29 is 5.11 Å². The topological polar surface area (TPSA) is 58.0 Å². The Morgan fingerprint density at radius 2 is 2.33 bits per heavy atom. The molecule has 5 heteroatoms. The van der Waals surface area contributed by atoms with Crippen LogP contribution in [0.25, 0.3) is 0 Å². The zero-order valence-electron chi connectivity index (χ0n) is 8.63. The molecular weight excluding hydrogens is 214 g/mol. The number of halogens is 1. The Morgan fingerprint density at radius 3 is 2.87 bits per heavy atom.